The second-order valence-electron chi connectivity index (χ2n) is 6.69. The van der Waals surface area contributed by atoms with Crippen LogP contribution in [0.3, 0.4) is 0 Å². The molecule has 1 rings (SSSR count). The third-order valence-corrected chi connectivity index (χ3v) is 3.38. The summed E-state index contributed by atoms with van der Waals surface area (Å²) >= 11 is 0. The smallest absolute Gasteiger partial charge is 0.317 e. The molecule has 0 aliphatic carbocycles. The maximum atomic E-state index is 12.0. The number of nitrogens with zero attached hydrogens (tertiary/aromatic N) is 1. The Labute approximate surface area is 111 Å². The fraction of sp³-hybridized carbons (Fsp3) is 0.929. The molecule has 1 aliphatic heterocycles. The van der Waals surface area contributed by atoms with Crippen LogP contribution in [-0.4, -0.2) is 41.3 Å². The number of nitrogens with one attached hydrogen (secondary N) is 1. The number of aliphatic hydroxyl groups is 1. The maximum Gasteiger partial charge on any atom is 0.317 e. The van der Waals surface area contributed by atoms with Gasteiger partial charge in [-0.25, -0.2) is 4.79 Å². The van der Waals surface area contributed by atoms with Crippen LogP contribution in [-0.2, 0) is 0 Å². The van der Waals surface area contributed by atoms with Crippen LogP contribution in [0.1, 0.15) is 53.4 Å². The number of piperidine rings is 1. The second kappa shape index (κ2) is 6.41. The zero-order valence-corrected chi connectivity index (χ0v) is 12.2. The molecule has 4 nitrogen and oxygen atoms in total. The molecule has 2 amide bonds. The molecule has 2 atom stereocenters. The van der Waals surface area contributed by atoms with Crippen LogP contribution in [0.25, 0.3) is 0 Å². The summed E-state index contributed by atoms with van der Waals surface area (Å²) in [5, 5.41) is 12.6. The number of hydrogen-bond donors (Lipinski definition) is 2. The molecule has 0 spiro atoms. The first-order valence-corrected chi connectivity index (χ1v) is 7.01. The van der Waals surface area contributed by atoms with Crippen molar-refractivity contribution in [1.82, 2.24) is 10.2 Å². The van der Waals surface area contributed by atoms with Gasteiger partial charge in [0.1, 0.15) is 0 Å². The molecule has 1 aliphatic rings. The highest BCUT2D eigenvalue weighted by atomic mass is 16.3. The number of urea groups is 1. The van der Waals surface area contributed by atoms with Crippen molar-refractivity contribution in [3.63, 3.8) is 0 Å². The van der Waals surface area contributed by atoms with Crippen LogP contribution in [0.4, 0.5) is 4.79 Å². The summed E-state index contributed by atoms with van der Waals surface area (Å²) in [5.74, 6) is 0. The molecule has 4 heteroatoms. The Kier molecular flexibility index (Phi) is 5.45. The summed E-state index contributed by atoms with van der Waals surface area (Å²) in [6, 6.07) is 0.158. The monoisotopic (exact) mass is 256 g/mol. The fourth-order valence-corrected chi connectivity index (χ4v) is 2.16. The summed E-state index contributed by atoms with van der Waals surface area (Å²) in [6.07, 6.45) is 3.44. The Morgan fingerprint density at radius 2 is 2.17 bits per heavy atom. The van der Waals surface area contributed by atoms with E-state index < -0.39 is 0 Å². The van der Waals surface area contributed by atoms with Crippen LogP contribution in [0.15, 0.2) is 0 Å². The van der Waals surface area contributed by atoms with Crippen molar-refractivity contribution in [1.29, 1.82) is 0 Å². The van der Waals surface area contributed by atoms with Gasteiger partial charge in [-0.15, -0.1) is 0 Å². The van der Waals surface area contributed by atoms with Gasteiger partial charge >= 0.3 is 6.03 Å². The lowest BCUT2D eigenvalue weighted by Crippen LogP contribution is -2.49. The van der Waals surface area contributed by atoms with Gasteiger partial charge in [-0.3, -0.25) is 0 Å². The van der Waals surface area contributed by atoms with Crippen molar-refractivity contribution in [2.75, 3.05) is 13.1 Å². The van der Waals surface area contributed by atoms with Crippen molar-refractivity contribution in [3.8, 4) is 0 Å². The Morgan fingerprint density at radius 1 is 1.50 bits per heavy atom. The van der Waals surface area contributed by atoms with E-state index in [-0.39, 0.29) is 18.2 Å². The van der Waals surface area contributed by atoms with Gasteiger partial charge in [0.2, 0.25) is 0 Å². The summed E-state index contributed by atoms with van der Waals surface area (Å²) < 4.78 is 0. The van der Waals surface area contributed by atoms with Crippen molar-refractivity contribution in [2.45, 2.75) is 65.5 Å². The molecular formula is C14H28N2O2. The van der Waals surface area contributed by atoms with Crippen LogP contribution >= 0.6 is 0 Å². The quantitative estimate of drug-likeness (QED) is 0.814. The maximum absolute atomic E-state index is 12.0. The van der Waals surface area contributed by atoms with E-state index in [0.717, 1.165) is 32.2 Å². The third-order valence-electron chi connectivity index (χ3n) is 3.38. The van der Waals surface area contributed by atoms with Crippen LogP contribution < -0.4 is 5.32 Å². The number of carbonyl (C=O) groups excluding carboxylic acids is 1. The lowest BCUT2D eigenvalue weighted by Gasteiger charge is -2.31. The van der Waals surface area contributed by atoms with E-state index in [2.05, 4.69) is 26.1 Å². The standard InChI is InChI=1S/C14H28N2O2/c1-11(7-8-14(2,3)4)15-13(18)16-9-5-6-12(17)10-16/h11-12,17H,5-10H2,1-4H3,(H,15,18). The number of rotatable bonds is 3. The first-order chi connectivity index (χ1) is 8.28. The predicted molar refractivity (Wildman–Crippen MR) is 73.5 cm³/mol. The number of aliphatic hydroxyl groups excluding tert-OH is 1. The predicted octanol–water partition coefficient (Wildman–Crippen LogP) is 2.37. The molecule has 0 saturated carbocycles. The van der Waals surface area contributed by atoms with Gasteiger partial charge in [0.15, 0.2) is 0 Å². The summed E-state index contributed by atoms with van der Waals surface area (Å²) in [6.45, 7) is 9.91. The highest BCUT2D eigenvalue weighted by molar-refractivity contribution is 5.74. The second-order valence-corrected chi connectivity index (χ2v) is 6.69. The SMILES string of the molecule is CC(CCC(C)(C)C)NC(=O)N1CCCC(O)C1. The topological polar surface area (TPSA) is 52.6 Å². The molecule has 106 valence electrons. The number of hydrogen-bond acceptors (Lipinski definition) is 2. The molecule has 2 unspecified atom stereocenters. The van der Waals surface area contributed by atoms with Gasteiger partial charge in [0, 0.05) is 19.1 Å². The van der Waals surface area contributed by atoms with E-state index in [9.17, 15) is 9.90 Å². The van der Waals surface area contributed by atoms with Crippen LogP contribution in [0, 0.1) is 5.41 Å². The van der Waals surface area contributed by atoms with Crippen LogP contribution in [0.2, 0.25) is 0 Å². The average Bonchev–Trinajstić information content (AvgIpc) is 2.25. The Hall–Kier alpha value is -0.770. The highest BCUT2D eigenvalue weighted by Crippen LogP contribution is 2.21. The number of likely N-dealkylation sites (tertiary alicyclic amines) is 1. The molecule has 0 aromatic rings. The molecule has 1 saturated heterocycles. The molecule has 0 aromatic heterocycles. The van der Waals surface area contributed by atoms with E-state index in [4.69, 9.17) is 0 Å². The van der Waals surface area contributed by atoms with Gasteiger partial charge in [0.05, 0.1) is 6.10 Å². The lowest BCUT2D eigenvalue weighted by atomic mass is 9.89. The molecule has 1 heterocycles. The molecule has 18 heavy (non-hydrogen) atoms. The van der Waals surface area contributed by atoms with Gasteiger partial charge in [-0.2, -0.15) is 0 Å². The number of β-amino-alcohol motifs (C(OH)–C–C–N with tert-alkyl or cyclic N) is 1. The molecule has 0 radical (unpaired) electrons. The minimum absolute atomic E-state index is 0.0323. The fourth-order valence-electron chi connectivity index (χ4n) is 2.16. The van der Waals surface area contributed by atoms with Crippen molar-refractivity contribution < 1.29 is 9.90 Å². The van der Waals surface area contributed by atoms with Crippen molar-refractivity contribution >= 4 is 6.03 Å². The molecule has 0 aromatic carbocycles. The number of carbonyl (C=O) groups is 1. The van der Waals surface area contributed by atoms with E-state index >= 15 is 0 Å². The Morgan fingerprint density at radius 3 is 2.72 bits per heavy atom. The zero-order chi connectivity index (χ0) is 13.8. The van der Waals surface area contributed by atoms with Crippen molar-refractivity contribution in [2.24, 2.45) is 5.41 Å². The van der Waals surface area contributed by atoms with Crippen molar-refractivity contribution in [3.05, 3.63) is 0 Å². The first kappa shape index (κ1) is 15.3. The van der Waals surface area contributed by atoms with Gasteiger partial charge in [-0.05, 0) is 38.0 Å². The molecule has 0 bridgehead atoms. The zero-order valence-electron chi connectivity index (χ0n) is 12.2. The van der Waals surface area contributed by atoms with Gasteiger partial charge in [-0.1, -0.05) is 20.8 Å². The Balaban J connectivity index is 2.30. The lowest BCUT2D eigenvalue weighted by molar-refractivity contribution is 0.0832. The number of amides is 2. The minimum Gasteiger partial charge on any atom is -0.391 e. The van der Waals surface area contributed by atoms with Gasteiger partial charge in [0.25, 0.3) is 0 Å². The third kappa shape index (κ3) is 5.71. The van der Waals surface area contributed by atoms with Gasteiger partial charge < -0.3 is 15.3 Å². The minimum atomic E-state index is -0.352. The van der Waals surface area contributed by atoms with E-state index in [1.165, 1.54) is 0 Å². The summed E-state index contributed by atoms with van der Waals surface area (Å²) in [4.78, 5) is 13.7. The Bertz CT molecular complexity index is 273. The largest absolute Gasteiger partial charge is 0.391 e. The van der Waals surface area contributed by atoms with Crippen LogP contribution in [0.5, 0.6) is 0 Å². The van der Waals surface area contributed by atoms with E-state index in [1.54, 1.807) is 4.90 Å². The molecule has 1 fully saturated rings. The van der Waals surface area contributed by atoms with E-state index in [1.807, 2.05) is 6.92 Å². The first-order valence-electron chi connectivity index (χ1n) is 7.01. The average molecular weight is 256 g/mol. The highest BCUT2D eigenvalue weighted by Gasteiger charge is 2.23. The van der Waals surface area contributed by atoms with E-state index in [0.29, 0.717) is 12.0 Å². The summed E-state index contributed by atoms with van der Waals surface area (Å²) in [7, 11) is 0. The normalized spacial score (nSPS) is 22.7. The summed E-state index contributed by atoms with van der Waals surface area (Å²) in [5.41, 5.74) is 0.306. The molecular weight excluding hydrogens is 228 g/mol. The molecule has 2 N–H and O–H groups in total.